The van der Waals surface area contributed by atoms with Gasteiger partial charge in [-0.05, 0) is 24.3 Å². The van der Waals surface area contributed by atoms with E-state index in [1.54, 1.807) is 12.4 Å². The topological polar surface area (TPSA) is 25.8 Å². The van der Waals surface area contributed by atoms with E-state index in [0.717, 1.165) is 11.4 Å². The van der Waals surface area contributed by atoms with Gasteiger partial charge in [-0.25, -0.2) is 0 Å². The summed E-state index contributed by atoms with van der Waals surface area (Å²) in [6.45, 7) is 0. The fourth-order valence-corrected chi connectivity index (χ4v) is 1.03. The minimum atomic E-state index is 0. The van der Waals surface area contributed by atoms with Gasteiger partial charge in [-0.1, -0.05) is 19.6 Å². The number of nitrogens with zero attached hydrogens (tertiary/aromatic N) is 2. The number of pyridine rings is 2. The van der Waals surface area contributed by atoms with Gasteiger partial charge in [0.1, 0.15) is 0 Å². The zero-order valence-electron chi connectivity index (χ0n) is 6.85. The average molecular weight is 364 g/mol. The van der Waals surface area contributed by atoms with Crippen molar-refractivity contribution < 1.29 is 20.1 Å². The summed E-state index contributed by atoms with van der Waals surface area (Å²) in [7, 11) is 0. The first-order valence-electron chi connectivity index (χ1n) is 3.79. The Morgan fingerprint density at radius 2 is 1.14 bits per heavy atom. The Hall–Kier alpha value is -1.05. The molecule has 0 aliphatic heterocycles. The molecule has 0 atom stereocenters. The molecular formula is C11H12IrN2. The number of hydrogen-bond acceptors (Lipinski definition) is 2. The summed E-state index contributed by atoms with van der Waals surface area (Å²) < 4.78 is 0. The van der Waals surface area contributed by atoms with E-state index in [1.807, 2.05) is 36.4 Å². The summed E-state index contributed by atoms with van der Waals surface area (Å²) in [6.07, 6.45) is 3.54. The van der Waals surface area contributed by atoms with Crippen molar-refractivity contribution in [3.8, 4) is 11.4 Å². The molecule has 75 valence electrons. The summed E-state index contributed by atoms with van der Waals surface area (Å²) in [5.41, 5.74) is 1.83. The van der Waals surface area contributed by atoms with Crippen LogP contribution >= 0.6 is 0 Å². The van der Waals surface area contributed by atoms with Gasteiger partial charge >= 0.3 is 0 Å². The van der Waals surface area contributed by atoms with Crippen LogP contribution in [0.5, 0.6) is 0 Å². The summed E-state index contributed by atoms with van der Waals surface area (Å²) in [5.74, 6) is 0. The maximum Gasteiger partial charge on any atom is 0.0886 e. The van der Waals surface area contributed by atoms with E-state index in [1.165, 1.54) is 0 Å². The summed E-state index contributed by atoms with van der Waals surface area (Å²) >= 11 is 0. The van der Waals surface area contributed by atoms with Crippen LogP contribution in [0, 0.1) is 0 Å². The van der Waals surface area contributed by atoms with Gasteiger partial charge in [-0.2, -0.15) is 0 Å². The average Bonchev–Trinajstić information content (AvgIpc) is 2.21. The molecule has 0 N–H and O–H groups in total. The predicted octanol–water partition coefficient (Wildman–Crippen LogP) is 2.78. The molecule has 2 aromatic rings. The van der Waals surface area contributed by atoms with Crippen LogP contribution in [-0.4, -0.2) is 9.97 Å². The maximum atomic E-state index is 4.19. The maximum absolute atomic E-state index is 4.19. The summed E-state index contributed by atoms with van der Waals surface area (Å²) in [4.78, 5) is 8.37. The Kier molecular flexibility index (Phi) is 5.93. The van der Waals surface area contributed by atoms with E-state index in [-0.39, 0.29) is 27.5 Å². The molecule has 2 heterocycles. The van der Waals surface area contributed by atoms with E-state index in [4.69, 9.17) is 0 Å². The van der Waals surface area contributed by atoms with Crippen molar-refractivity contribution in [2.24, 2.45) is 0 Å². The van der Waals surface area contributed by atoms with E-state index in [0.29, 0.717) is 0 Å². The molecule has 2 nitrogen and oxygen atoms in total. The van der Waals surface area contributed by atoms with Crippen LogP contribution < -0.4 is 0 Å². The van der Waals surface area contributed by atoms with Gasteiger partial charge < -0.3 is 0 Å². The third-order valence-corrected chi connectivity index (χ3v) is 1.59. The molecule has 3 heteroatoms. The van der Waals surface area contributed by atoms with Crippen molar-refractivity contribution in [3.05, 3.63) is 48.8 Å². The van der Waals surface area contributed by atoms with E-state index >= 15 is 0 Å². The minimum Gasteiger partial charge on any atom is -0.255 e. The third-order valence-electron chi connectivity index (χ3n) is 1.59. The number of hydrogen-bond donors (Lipinski definition) is 0. The van der Waals surface area contributed by atoms with Gasteiger partial charge in [0.05, 0.1) is 11.4 Å². The van der Waals surface area contributed by atoms with Crippen LogP contribution in [0.25, 0.3) is 11.4 Å². The summed E-state index contributed by atoms with van der Waals surface area (Å²) in [6, 6.07) is 11.6. The second-order valence-corrected chi connectivity index (χ2v) is 2.43. The standard InChI is InChI=1S/C10H8N2.CH4.Ir/c1-3-7-11-9(5-1)10-6-2-4-8-12-10;;/h1-8H;1H4;. The molecule has 0 saturated heterocycles. The molecule has 14 heavy (non-hydrogen) atoms. The van der Waals surface area contributed by atoms with Gasteiger partial charge in [-0.15, -0.1) is 0 Å². The first kappa shape index (κ1) is 12.9. The van der Waals surface area contributed by atoms with Crippen molar-refractivity contribution in [3.63, 3.8) is 0 Å². The molecule has 2 rings (SSSR count). The van der Waals surface area contributed by atoms with E-state index in [2.05, 4.69) is 9.97 Å². The van der Waals surface area contributed by atoms with E-state index < -0.39 is 0 Å². The molecule has 0 aliphatic rings. The zero-order chi connectivity index (χ0) is 8.23. The third kappa shape index (κ3) is 3.02. The SMILES string of the molecule is C.[Ir].c1ccc(-c2ccccn2)nc1. The molecule has 0 aromatic carbocycles. The Morgan fingerprint density at radius 1 is 0.714 bits per heavy atom. The first-order chi connectivity index (χ1) is 5.97. The van der Waals surface area contributed by atoms with Gasteiger partial charge in [0, 0.05) is 32.5 Å². The quantitative estimate of drug-likeness (QED) is 0.778. The van der Waals surface area contributed by atoms with Crippen molar-refractivity contribution in [1.82, 2.24) is 9.97 Å². The molecule has 2 aromatic heterocycles. The monoisotopic (exact) mass is 365 g/mol. The molecular weight excluding hydrogens is 352 g/mol. The zero-order valence-corrected chi connectivity index (χ0v) is 9.24. The fraction of sp³-hybridized carbons (Fsp3) is 0.0909. The van der Waals surface area contributed by atoms with Crippen LogP contribution in [-0.2, 0) is 20.1 Å². The smallest absolute Gasteiger partial charge is 0.0886 e. The van der Waals surface area contributed by atoms with Crippen LogP contribution in [0.1, 0.15) is 7.43 Å². The summed E-state index contributed by atoms with van der Waals surface area (Å²) in [5, 5.41) is 0. The number of rotatable bonds is 1. The molecule has 0 unspecified atom stereocenters. The Morgan fingerprint density at radius 3 is 1.43 bits per heavy atom. The molecule has 0 amide bonds. The van der Waals surface area contributed by atoms with Crippen LogP contribution in [0.15, 0.2) is 48.8 Å². The van der Waals surface area contributed by atoms with Crippen LogP contribution in [0.2, 0.25) is 0 Å². The molecule has 0 aliphatic carbocycles. The number of aromatic nitrogens is 2. The Bertz CT molecular complexity index is 311. The van der Waals surface area contributed by atoms with Gasteiger partial charge in [0.25, 0.3) is 0 Å². The minimum absolute atomic E-state index is 0. The largest absolute Gasteiger partial charge is 0.255 e. The van der Waals surface area contributed by atoms with Crippen molar-refractivity contribution in [1.29, 1.82) is 0 Å². The predicted molar refractivity (Wildman–Crippen MR) is 54.2 cm³/mol. The van der Waals surface area contributed by atoms with Gasteiger partial charge in [0.15, 0.2) is 0 Å². The molecule has 0 spiro atoms. The van der Waals surface area contributed by atoms with Gasteiger partial charge in [0.2, 0.25) is 0 Å². The van der Waals surface area contributed by atoms with Gasteiger partial charge in [-0.3, -0.25) is 9.97 Å². The van der Waals surface area contributed by atoms with Crippen LogP contribution in [0.3, 0.4) is 0 Å². The van der Waals surface area contributed by atoms with E-state index in [9.17, 15) is 0 Å². The Labute approximate surface area is 97.8 Å². The molecule has 1 radical (unpaired) electrons. The second-order valence-electron chi connectivity index (χ2n) is 2.43. The molecule has 0 saturated carbocycles. The second kappa shape index (κ2) is 6.41. The van der Waals surface area contributed by atoms with Crippen molar-refractivity contribution >= 4 is 0 Å². The Balaban J connectivity index is 0.000000845. The molecule has 0 bridgehead atoms. The van der Waals surface area contributed by atoms with Crippen LogP contribution in [0.4, 0.5) is 0 Å². The normalized spacial score (nSPS) is 8.29. The first-order valence-corrected chi connectivity index (χ1v) is 3.79. The fourth-order valence-electron chi connectivity index (χ4n) is 1.03. The van der Waals surface area contributed by atoms with Crippen molar-refractivity contribution in [2.75, 3.05) is 0 Å². The molecule has 0 fully saturated rings. The van der Waals surface area contributed by atoms with Crippen molar-refractivity contribution in [2.45, 2.75) is 7.43 Å².